The Labute approximate surface area is 189 Å². The fraction of sp³-hybridized carbons (Fsp3) is 0.600. The number of guanidine groups is 1. The Morgan fingerprint density at radius 1 is 1.14 bits per heavy atom. The van der Waals surface area contributed by atoms with Crippen molar-refractivity contribution in [1.82, 2.24) is 10.2 Å². The van der Waals surface area contributed by atoms with Crippen molar-refractivity contribution in [3.8, 4) is 17.2 Å². The molecule has 1 N–H and O–H groups in total. The summed E-state index contributed by atoms with van der Waals surface area (Å²) in [6.45, 7) is 4.71. The maximum absolute atomic E-state index is 11.9. The quantitative estimate of drug-likeness (QED) is 0.185. The summed E-state index contributed by atoms with van der Waals surface area (Å²) >= 11 is 0. The number of carbonyl (C=O) groups is 1. The predicted octanol–water partition coefficient (Wildman–Crippen LogP) is 2.41. The summed E-state index contributed by atoms with van der Waals surface area (Å²) in [4.78, 5) is 18.3. The molecule has 1 aromatic rings. The second kappa shape index (κ2) is 12.6. The molecule has 1 aliphatic rings. The highest BCUT2D eigenvalue weighted by Crippen LogP contribution is 2.27. The van der Waals surface area contributed by atoms with E-state index >= 15 is 0 Å². The lowest BCUT2D eigenvalue weighted by atomic mass is 9.99. The van der Waals surface area contributed by atoms with E-state index < -0.39 is 0 Å². The van der Waals surface area contributed by atoms with Gasteiger partial charge in [0.1, 0.15) is 17.2 Å². The molecule has 8 nitrogen and oxygen atoms in total. The molecule has 1 saturated heterocycles. The van der Waals surface area contributed by atoms with Crippen LogP contribution in [0.4, 0.5) is 0 Å². The zero-order valence-electron chi connectivity index (χ0n) is 17.8. The Bertz CT molecular complexity index is 664. The topological polar surface area (TPSA) is 81.6 Å². The number of hydrogen-bond acceptors (Lipinski definition) is 6. The largest absolute Gasteiger partial charge is 0.496 e. The molecule has 1 fully saturated rings. The molecular weight excluding hydrogens is 489 g/mol. The van der Waals surface area contributed by atoms with Crippen molar-refractivity contribution in [1.29, 1.82) is 0 Å². The van der Waals surface area contributed by atoms with Gasteiger partial charge in [-0.1, -0.05) is 6.92 Å². The first-order valence-corrected chi connectivity index (χ1v) is 9.41. The van der Waals surface area contributed by atoms with Gasteiger partial charge in [0.15, 0.2) is 5.96 Å². The monoisotopic (exact) mass is 521 g/mol. The Kier molecular flexibility index (Phi) is 10.9. The maximum atomic E-state index is 11.9. The van der Waals surface area contributed by atoms with Crippen molar-refractivity contribution in [2.24, 2.45) is 16.8 Å². The molecule has 0 aliphatic carbocycles. The number of nitrogens with zero attached hydrogens (tertiary/aromatic N) is 2. The summed E-state index contributed by atoms with van der Waals surface area (Å²) in [5, 5.41) is 3.34. The van der Waals surface area contributed by atoms with Gasteiger partial charge in [-0.3, -0.25) is 9.79 Å². The molecule has 2 unspecified atom stereocenters. The third-order valence-electron chi connectivity index (χ3n) is 4.83. The fourth-order valence-corrected chi connectivity index (χ4v) is 3.26. The third kappa shape index (κ3) is 7.13. The SMILES string of the molecule is CN=C(NCCCOc1cc(OC)cc(OC)c1)N1CC(C)C(C(=O)OC)C1.I. The third-order valence-corrected chi connectivity index (χ3v) is 4.83. The van der Waals surface area contributed by atoms with E-state index in [0.717, 1.165) is 18.9 Å². The van der Waals surface area contributed by atoms with Gasteiger partial charge in [-0.05, 0) is 12.3 Å². The van der Waals surface area contributed by atoms with E-state index in [1.54, 1.807) is 27.3 Å². The van der Waals surface area contributed by atoms with E-state index in [9.17, 15) is 4.79 Å². The number of benzene rings is 1. The summed E-state index contributed by atoms with van der Waals surface area (Å²) in [5.41, 5.74) is 0. The summed E-state index contributed by atoms with van der Waals surface area (Å²) in [6.07, 6.45) is 0.794. The molecule has 0 saturated carbocycles. The standard InChI is InChI=1S/C20H31N3O5.HI/c1-14-12-23(13-18(14)19(24)27-5)20(21-2)22-7-6-8-28-17-10-15(25-3)9-16(11-17)26-4;/h9-11,14,18H,6-8,12-13H2,1-5H3,(H,21,22);1H. The number of nitrogens with one attached hydrogen (secondary N) is 1. The molecule has 0 aromatic heterocycles. The molecule has 0 bridgehead atoms. The number of methoxy groups -OCH3 is 3. The van der Waals surface area contributed by atoms with E-state index in [1.165, 1.54) is 7.11 Å². The molecule has 29 heavy (non-hydrogen) atoms. The molecule has 164 valence electrons. The lowest BCUT2D eigenvalue weighted by molar-refractivity contribution is -0.145. The first-order valence-electron chi connectivity index (χ1n) is 9.41. The number of esters is 1. The zero-order valence-corrected chi connectivity index (χ0v) is 20.1. The van der Waals surface area contributed by atoms with Crippen molar-refractivity contribution in [3.63, 3.8) is 0 Å². The van der Waals surface area contributed by atoms with Crippen LogP contribution < -0.4 is 19.5 Å². The Hall–Kier alpha value is -1.91. The normalized spacial score (nSPS) is 18.7. The number of hydrogen-bond donors (Lipinski definition) is 1. The first-order chi connectivity index (χ1) is 13.5. The van der Waals surface area contributed by atoms with Gasteiger partial charge in [0, 0.05) is 44.9 Å². The van der Waals surface area contributed by atoms with Gasteiger partial charge in [-0.25, -0.2) is 0 Å². The van der Waals surface area contributed by atoms with Gasteiger partial charge in [0.05, 0.1) is 33.9 Å². The van der Waals surface area contributed by atoms with Gasteiger partial charge in [-0.15, -0.1) is 24.0 Å². The molecule has 1 aliphatic heterocycles. The van der Waals surface area contributed by atoms with Crippen LogP contribution >= 0.6 is 24.0 Å². The maximum Gasteiger partial charge on any atom is 0.310 e. The minimum atomic E-state index is -0.160. The van der Waals surface area contributed by atoms with Crippen LogP contribution in [0.5, 0.6) is 17.2 Å². The zero-order chi connectivity index (χ0) is 20.5. The molecule has 1 aromatic carbocycles. The van der Waals surface area contributed by atoms with Crippen molar-refractivity contribution >= 4 is 35.9 Å². The van der Waals surface area contributed by atoms with Crippen LogP contribution in [0.2, 0.25) is 0 Å². The number of halogens is 1. The van der Waals surface area contributed by atoms with Gasteiger partial charge >= 0.3 is 5.97 Å². The van der Waals surface area contributed by atoms with E-state index in [4.69, 9.17) is 18.9 Å². The van der Waals surface area contributed by atoms with E-state index in [0.29, 0.717) is 36.9 Å². The van der Waals surface area contributed by atoms with Gasteiger partial charge in [0.25, 0.3) is 0 Å². The average Bonchev–Trinajstić information content (AvgIpc) is 3.11. The van der Waals surface area contributed by atoms with Crippen LogP contribution in [0.1, 0.15) is 13.3 Å². The predicted molar refractivity (Wildman–Crippen MR) is 123 cm³/mol. The van der Waals surface area contributed by atoms with Crippen molar-refractivity contribution < 1.29 is 23.7 Å². The van der Waals surface area contributed by atoms with Crippen molar-refractivity contribution in [2.75, 3.05) is 54.6 Å². The molecular formula is C20H32IN3O5. The Morgan fingerprint density at radius 2 is 1.76 bits per heavy atom. The lowest BCUT2D eigenvalue weighted by Crippen LogP contribution is -2.41. The van der Waals surface area contributed by atoms with Crippen LogP contribution in [-0.4, -0.2) is 71.4 Å². The van der Waals surface area contributed by atoms with Crippen LogP contribution in [0.25, 0.3) is 0 Å². The second-order valence-electron chi connectivity index (χ2n) is 6.74. The highest BCUT2D eigenvalue weighted by atomic mass is 127. The van der Waals surface area contributed by atoms with Crippen LogP contribution in [-0.2, 0) is 9.53 Å². The molecule has 0 amide bonds. The molecule has 2 atom stereocenters. The Balaban J connectivity index is 0.00000420. The van der Waals surface area contributed by atoms with Gasteiger partial charge < -0.3 is 29.2 Å². The minimum absolute atomic E-state index is 0. The molecule has 0 radical (unpaired) electrons. The average molecular weight is 521 g/mol. The van der Waals surface area contributed by atoms with Crippen molar-refractivity contribution in [3.05, 3.63) is 18.2 Å². The summed E-state index contributed by atoms with van der Waals surface area (Å²) in [5.74, 6) is 2.84. The first kappa shape index (κ1) is 25.1. The summed E-state index contributed by atoms with van der Waals surface area (Å²) < 4.78 is 21.2. The smallest absolute Gasteiger partial charge is 0.310 e. The highest BCUT2D eigenvalue weighted by Gasteiger charge is 2.36. The summed E-state index contributed by atoms with van der Waals surface area (Å²) in [7, 11) is 6.40. The van der Waals surface area contributed by atoms with Crippen LogP contribution in [0.15, 0.2) is 23.2 Å². The van der Waals surface area contributed by atoms with Crippen LogP contribution in [0.3, 0.4) is 0 Å². The summed E-state index contributed by atoms with van der Waals surface area (Å²) in [6, 6.07) is 5.46. The van der Waals surface area contributed by atoms with Gasteiger partial charge in [-0.2, -0.15) is 0 Å². The molecule has 1 heterocycles. The Morgan fingerprint density at radius 3 is 2.31 bits per heavy atom. The molecule has 0 spiro atoms. The van der Waals surface area contributed by atoms with Gasteiger partial charge in [0.2, 0.25) is 0 Å². The van der Waals surface area contributed by atoms with E-state index in [1.807, 2.05) is 12.1 Å². The number of carbonyl (C=O) groups excluding carboxylic acids is 1. The minimum Gasteiger partial charge on any atom is -0.496 e. The van der Waals surface area contributed by atoms with Crippen LogP contribution in [0, 0.1) is 11.8 Å². The molecule has 2 rings (SSSR count). The number of likely N-dealkylation sites (tertiary alicyclic amines) is 1. The second-order valence-corrected chi connectivity index (χ2v) is 6.74. The number of aliphatic imine (C=N–C) groups is 1. The fourth-order valence-electron chi connectivity index (χ4n) is 3.26. The van der Waals surface area contributed by atoms with E-state index in [-0.39, 0.29) is 41.8 Å². The number of rotatable bonds is 8. The highest BCUT2D eigenvalue weighted by molar-refractivity contribution is 14.0. The number of ether oxygens (including phenoxy) is 4. The lowest BCUT2D eigenvalue weighted by Gasteiger charge is -2.21. The van der Waals surface area contributed by atoms with Crippen molar-refractivity contribution in [2.45, 2.75) is 13.3 Å². The molecule has 9 heteroatoms. The van der Waals surface area contributed by atoms with E-state index in [2.05, 4.69) is 22.1 Å².